The first-order valence-electron chi connectivity index (χ1n) is 6.06. The number of aryl methyl sites for hydroxylation is 1. The molecule has 2 rings (SSSR count). The molecule has 1 amide bonds. The van der Waals surface area contributed by atoms with Crippen LogP contribution < -0.4 is 11.1 Å². The fourth-order valence-electron chi connectivity index (χ4n) is 1.73. The number of anilines is 2. The third-order valence-corrected chi connectivity index (χ3v) is 4.66. The summed E-state index contributed by atoms with van der Waals surface area (Å²) in [6, 6.07) is 4.63. The largest absolute Gasteiger partial charge is 0.375 e. The lowest BCUT2D eigenvalue weighted by Gasteiger charge is -2.09. The van der Waals surface area contributed by atoms with Crippen LogP contribution in [0.25, 0.3) is 0 Å². The Morgan fingerprint density at radius 3 is 2.71 bits per heavy atom. The van der Waals surface area contributed by atoms with Gasteiger partial charge in [0.05, 0.1) is 17.0 Å². The van der Waals surface area contributed by atoms with Crippen molar-refractivity contribution in [2.75, 3.05) is 17.3 Å². The molecule has 0 atom stereocenters. The number of nitrogens with two attached hydrogens (primary N) is 1. The van der Waals surface area contributed by atoms with Gasteiger partial charge in [0.25, 0.3) is 0 Å². The van der Waals surface area contributed by atoms with Crippen molar-refractivity contribution in [2.24, 2.45) is 0 Å². The molecular weight excluding hydrogens is 310 g/mol. The molecule has 0 saturated carbocycles. The third-order valence-electron chi connectivity index (χ3n) is 2.82. The van der Waals surface area contributed by atoms with Gasteiger partial charge in [-0.25, -0.2) is 13.4 Å². The Bertz CT molecular complexity index is 782. The van der Waals surface area contributed by atoms with Crippen LogP contribution in [0.4, 0.5) is 10.8 Å². The molecule has 2 aromatic rings. The second-order valence-corrected chi connectivity index (χ2v) is 7.56. The van der Waals surface area contributed by atoms with E-state index < -0.39 is 9.84 Å². The van der Waals surface area contributed by atoms with E-state index in [4.69, 9.17) is 5.73 Å². The van der Waals surface area contributed by atoms with Gasteiger partial charge in [0.15, 0.2) is 15.0 Å². The number of sulfone groups is 1. The topological polar surface area (TPSA) is 102 Å². The first kappa shape index (κ1) is 15.5. The molecule has 0 aliphatic heterocycles. The molecule has 3 N–H and O–H groups in total. The normalized spacial score (nSPS) is 11.3. The number of carbonyl (C=O) groups is 1. The third kappa shape index (κ3) is 4.02. The molecule has 0 bridgehead atoms. The summed E-state index contributed by atoms with van der Waals surface area (Å²) in [7, 11) is -3.31. The van der Waals surface area contributed by atoms with Gasteiger partial charge in [-0.15, -0.1) is 11.3 Å². The van der Waals surface area contributed by atoms with Crippen LogP contribution in [0.1, 0.15) is 11.3 Å². The number of thiazole rings is 1. The van der Waals surface area contributed by atoms with E-state index in [9.17, 15) is 13.2 Å². The van der Waals surface area contributed by atoms with Crippen LogP contribution in [0.3, 0.4) is 0 Å². The summed E-state index contributed by atoms with van der Waals surface area (Å²) in [4.78, 5) is 16.1. The number of nitrogens with one attached hydrogen (secondary N) is 1. The molecule has 6 nitrogen and oxygen atoms in total. The van der Waals surface area contributed by atoms with Crippen LogP contribution in [0.2, 0.25) is 0 Å². The molecule has 8 heteroatoms. The summed E-state index contributed by atoms with van der Waals surface area (Å²) < 4.78 is 23.1. The van der Waals surface area contributed by atoms with Crippen molar-refractivity contribution in [2.45, 2.75) is 18.2 Å². The lowest BCUT2D eigenvalue weighted by molar-refractivity contribution is -0.115. The molecule has 0 radical (unpaired) electrons. The van der Waals surface area contributed by atoms with E-state index in [2.05, 4.69) is 10.3 Å². The zero-order chi connectivity index (χ0) is 15.6. The van der Waals surface area contributed by atoms with Gasteiger partial charge in [-0.2, -0.15) is 0 Å². The van der Waals surface area contributed by atoms with Crippen molar-refractivity contribution in [3.8, 4) is 0 Å². The summed E-state index contributed by atoms with van der Waals surface area (Å²) >= 11 is 1.27. The Morgan fingerprint density at radius 1 is 1.43 bits per heavy atom. The summed E-state index contributed by atoms with van der Waals surface area (Å²) in [5, 5.41) is 4.83. The SMILES string of the molecule is Cc1ccc(S(C)(=O)=O)cc1NC(=O)Cc1csc(N)n1. The molecule has 1 aromatic carbocycles. The highest BCUT2D eigenvalue weighted by Gasteiger charge is 2.12. The summed E-state index contributed by atoms with van der Waals surface area (Å²) in [6.07, 6.45) is 1.22. The molecule has 112 valence electrons. The van der Waals surface area contributed by atoms with Crippen LogP contribution in [0, 0.1) is 6.92 Å². The van der Waals surface area contributed by atoms with Crippen LogP contribution in [0.15, 0.2) is 28.5 Å². The number of hydrogen-bond acceptors (Lipinski definition) is 6. The minimum atomic E-state index is -3.31. The van der Waals surface area contributed by atoms with Gasteiger partial charge in [-0.05, 0) is 24.6 Å². The molecule has 0 aliphatic rings. The van der Waals surface area contributed by atoms with Gasteiger partial charge < -0.3 is 11.1 Å². The molecule has 0 fully saturated rings. The second-order valence-electron chi connectivity index (χ2n) is 4.65. The molecule has 1 aromatic heterocycles. The Labute approximate surface area is 126 Å². The summed E-state index contributed by atoms with van der Waals surface area (Å²) in [6.45, 7) is 1.79. The van der Waals surface area contributed by atoms with Crippen molar-refractivity contribution >= 4 is 37.9 Å². The van der Waals surface area contributed by atoms with Crippen molar-refractivity contribution in [3.05, 3.63) is 34.8 Å². The van der Waals surface area contributed by atoms with Gasteiger partial charge >= 0.3 is 0 Å². The summed E-state index contributed by atoms with van der Waals surface area (Å²) in [5.74, 6) is -0.269. The van der Waals surface area contributed by atoms with Crippen molar-refractivity contribution in [1.82, 2.24) is 4.98 Å². The van der Waals surface area contributed by atoms with Crippen LogP contribution >= 0.6 is 11.3 Å². The van der Waals surface area contributed by atoms with Crippen LogP contribution in [-0.2, 0) is 21.1 Å². The average molecular weight is 325 g/mol. The highest BCUT2D eigenvalue weighted by Crippen LogP contribution is 2.20. The fourth-order valence-corrected chi connectivity index (χ4v) is 2.94. The number of benzene rings is 1. The molecule has 0 aliphatic carbocycles. The maximum absolute atomic E-state index is 12.0. The predicted molar refractivity (Wildman–Crippen MR) is 83.1 cm³/mol. The molecule has 0 spiro atoms. The number of carbonyl (C=O) groups excluding carboxylic acids is 1. The second kappa shape index (κ2) is 5.82. The number of rotatable bonds is 4. The van der Waals surface area contributed by atoms with Crippen molar-refractivity contribution < 1.29 is 13.2 Å². The molecule has 1 heterocycles. The van der Waals surface area contributed by atoms with Crippen molar-refractivity contribution in [1.29, 1.82) is 0 Å². The minimum absolute atomic E-state index is 0.0935. The molecule has 0 saturated heterocycles. The highest BCUT2D eigenvalue weighted by molar-refractivity contribution is 7.90. The van der Waals surface area contributed by atoms with E-state index in [1.807, 2.05) is 0 Å². The zero-order valence-corrected chi connectivity index (χ0v) is 13.2. The average Bonchev–Trinajstić information content (AvgIpc) is 2.76. The Balaban J connectivity index is 2.17. The van der Waals surface area contributed by atoms with E-state index in [-0.39, 0.29) is 17.2 Å². The maximum atomic E-state index is 12.0. The first-order chi connectivity index (χ1) is 9.75. The smallest absolute Gasteiger partial charge is 0.230 e. The number of nitrogen functional groups attached to an aromatic ring is 1. The van der Waals surface area contributed by atoms with Crippen LogP contribution in [0.5, 0.6) is 0 Å². The van der Waals surface area contributed by atoms with Gasteiger partial charge in [0, 0.05) is 17.3 Å². The quantitative estimate of drug-likeness (QED) is 0.889. The van der Waals surface area contributed by atoms with E-state index in [0.29, 0.717) is 16.5 Å². The Morgan fingerprint density at radius 2 is 2.14 bits per heavy atom. The predicted octanol–water partition coefficient (Wildman–Crippen LogP) is 1.62. The fraction of sp³-hybridized carbons (Fsp3) is 0.231. The maximum Gasteiger partial charge on any atom is 0.230 e. The van der Waals surface area contributed by atoms with E-state index in [1.54, 1.807) is 18.4 Å². The van der Waals surface area contributed by atoms with E-state index >= 15 is 0 Å². The number of nitrogens with zero attached hydrogens (tertiary/aromatic N) is 1. The van der Waals surface area contributed by atoms with Crippen molar-refractivity contribution in [3.63, 3.8) is 0 Å². The number of aromatic nitrogens is 1. The standard InChI is InChI=1S/C13H15N3O3S2/c1-8-3-4-10(21(2,18)19)6-11(8)16-12(17)5-9-7-20-13(14)15-9/h3-4,6-7H,5H2,1-2H3,(H2,14,15)(H,16,17). The Kier molecular flexibility index (Phi) is 4.29. The number of hydrogen-bond donors (Lipinski definition) is 2. The van der Waals surface area contributed by atoms with E-state index in [0.717, 1.165) is 11.8 Å². The van der Waals surface area contributed by atoms with Gasteiger partial charge in [0.1, 0.15) is 0 Å². The zero-order valence-electron chi connectivity index (χ0n) is 11.6. The van der Waals surface area contributed by atoms with E-state index in [1.165, 1.54) is 23.5 Å². The minimum Gasteiger partial charge on any atom is -0.375 e. The molecule has 21 heavy (non-hydrogen) atoms. The van der Waals surface area contributed by atoms with Gasteiger partial charge in [-0.3, -0.25) is 4.79 Å². The number of amides is 1. The monoisotopic (exact) mass is 325 g/mol. The lowest BCUT2D eigenvalue weighted by atomic mass is 10.2. The van der Waals surface area contributed by atoms with Crippen LogP contribution in [-0.4, -0.2) is 25.6 Å². The van der Waals surface area contributed by atoms with Gasteiger partial charge in [-0.1, -0.05) is 6.07 Å². The molecule has 0 unspecified atom stereocenters. The Hall–Kier alpha value is -1.93. The summed E-state index contributed by atoms with van der Waals surface area (Å²) in [5.41, 5.74) is 7.36. The van der Waals surface area contributed by atoms with Gasteiger partial charge in [0.2, 0.25) is 5.91 Å². The first-order valence-corrected chi connectivity index (χ1v) is 8.83. The lowest BCUT2D eigenvalue weighted by Crippen LogP contribution is -2.16. The highest BCUT2D eigenvalue weighted by atomic mass is 32.2. The molecular formula is C13H15N3O3S2.